The monoisotopic (exact) mass is 363 g/mol. The Hall–Kier alpha value is -1.57. The maximum Gasteiger partial charge on any atom is 0.416 e. The Morgan fingerprint density at radius 1 is 1.29 bits per heavy atom. The zero-order valence-corrected chi connectivity index (χ0v) is 15.1. The fourth-order valence-corrected chi connectivity index (χ4v) is 2.30. The summed E-state index contributed by atoms with van der Waals surface area (Å²) in [6.45, 7) is 4.25. The summed E-state index contributed by atoms with van der Waals surface area (Å²) in [5, 5.41) is 5.95. The zero-order chi connectivity index (χ0) is 18.2. The number of rotatable bonds is 7. The molecule has 1 aromatic rings. The molecule has 0 saturated carbocycles. The van der Waals surface area contributed by atoms with Crippen LogP contribution < -0.4 is 15.4 Å². The molecule has 4 nitrogen and oxygen atoms in total. The quantitative estimate of drug-likeness (QED) is 0.442. The summed E-state index contributed by atoms with van der Waals surface area (Å²) in [4.78, 5) is 4.00. The Morgan fingerprint density at radius 3 is 2.54 bits per heavy atom. The summed E-state index contributed by atoms with van der Waals surface area (Å²) in [5.41, 5.74) is -0.556. The summed E-state index contributed by atoms with van der Waals surface area (Å²) in [6, 6.07) is 4.03. The molecular weight excluding hydrogens is 339 g/mol. The van der Waals surface area contributed by atoms with Gasteiger partial charge in [-0.1, -0.05) is 6.07 Å². The number of thioether (sulfide) groups is 1. The van der Waals surface area contributed by atoms with E-state index in [1.165, 1.54) is 6.07 Å². The number of hydrogen-bond donors (Lipinski definition) is 2. The highest BCUT2D eigenvalue weighted by Gasteiger charge is 2.33. The molecule has 0 amide bonds. The second-order valence-electron chi connectivity index (χ2n) is 5.33. The topological polar surface area (TPSA) is 45.7 Å². The van der Waals surface area contributed by atoms with E-state index < -0.39 is 11.7 Å². The van der Waals surface area contributed by atoms with Crippen LogP contribution >= 0.6 is 11.8 Å². The lowest BCUT2D eigenvalue weighted by molar-refractivity contribution is -0.138. The lowest BCUT2D eigenvalue weighted by atomic mass is 10.1. The van der Waals surface area contributed by atoms with Gasteiger partial charge in [0.2, 0.25) is 0 Å². The number of nitrogens with zero attached hydrogens (tertiary/aromatic N) is 1. The van der Waals surface area contributed by atoms with Gasteiger partial charge in [-0.05, 0) is 37.8 Å². The molecule has 0 saturated heterocycles. The van der Waals surface area contributed by atoms with E-state index >= 15 is 0 Å². The van der Waals surface area contributed by atoms with Crippen molar-refractivity contribution in [3.63, 3.8) is 0 Å². The van der Waals surface area contributed by atoms with Gasteiger partial charge in [0.1, 0.15) is 5.75 Å². The molecule has 0 heterocycles. The summed E-state index contributed by atoms with van der Waals surface area (Å²) < 4.78 is 45.2. The lowest BCUT2D eigenvalue weighted by Gasteiger charge is -2.18. The van der Waals surface area contributed by atoms with Crippen LogP contribution in [-0.2, 0) is 12.7 Å². The molecule has 1 rings (SSSR count). The Bertz CT molecular complexity index is 548. The molecule has 0 atom stereocenters. The maximum absolute atomic E-state index is 13.3. The number of benzene rings is 1. The largest absolute Gasteiger partial charge is 0.491 e. The first-order valence-corrected chi connectivity index (χ1v) is 8.97. The second kappa shape index (κ2) is 9.66. The van der Waals surface area contributed by atoms with E-state index in [1.807, 2.05) is 6.26 Å². The van der Waals surface area contributed by atoms with Gasteiger partial charge in [0.15, 0.2) is 5.96 Å². The third kappa shape index (κ3) is 6.90. The highest BCUT2D eigenvalue weighted by molar-refractivity contribution is 7.98. The van der Waals surface area contributed by atoms with Gasteiger partial charge < -0.3 is 15.4 Å². The van der Waals surface area contributed by atoms with Gasteiger partial charge in [0.05, 0.1) is 11.7 Å². The van der Waals surface area contributed by atoms with E-state index in [1.54, 1.807) is 38.7 Å². The maximum atomic E-state index is 13.3. The van der Waals surface area contributed by atoms with E-state index in [0.29, 0.717) is 12.5 Å². The summed E-state index contributed by atoms with van der Waals surface area (Å²) in [5.74, 6) is 1.57. The normalized spacial score (nSPS) is 12.4. The molecule has 0 spiro atoms. The first-order chi connectivity index (χ1) is 11.3. The fraction of sp³-hybridized carbons (Fsp3) is 0.562. The van der Waals surface area contributed by atoms with Crippen molar-refractivity contribution in [2.24, 2.45) is 4.99 Å². The molecule has 0 aliphatic heterocycles. The number of guanidine groups is 1. The van der Waals surface area contributed by atoms with Gasteiger partial charge >= 0.3 is 6.18 Å². The van der Waals surface area contributed by atoms with Crippen LogP contribution in [0.15, 0.2) is 23.2 Å². The van der Waals surface area contributed by atoms with Crippen molar-refractivity contribution in [3.8, 4) is 5.75 Å². The lowest BCUT2D eigenvalue weighted by Crippen LogP contribution is -2.38. The van der Waals surface area contributed by atoms with Crippen molar-refractivity contribution in [1.82, 2.24) is 10.6 Å². The van der Waals surface area contributed by atoms with Gasteiger partial charge in [-0.15, -0.1) is 0 Å². The minimum Gasteiger partial charge on any atom is -0.491 e. The predicted molar refractivity (Wildman–Crippen MR) is 93.8 cm³/mol. The summed E-state index contributed by atoms with van der Waals surface area (Å²) in [7, 11) is 1.58. The van der Waals surface area contributed by atoms with Crippen LogP contribution in [0.2, 0.25) is 0 Å². The minimum atomic E-state index is -4.44. The highest BCUT2D eigenvalue weighted by Crippen LogP contribution is 2.34. The number of halogens is 3. The summed E-state index contributed by atoms with van der Waals surface area (Å²) in [6.07, 6.45) is -2.65. The number of hydrogen-bond acceptors (Lipinski definition) is 3. The predicted octanol–water partition coefficient (Wildman–Crippen LogP) is 3.52. The first kappa shape index (κ1) is 20.5. The summed E-state index contributed by atoms with van der Waals surface area (Å²) >= 11 is 1.67. The van der Waals surface area contributed by atoms with Crippen LogP contribution in [-0.4, -0.2) is 37.7 Å². The van der Waals surface area contributed by atoms with E-state index in [0.717, 1.165) is 11.8 Å². The highest BCUT2D eigenvalue weighted by atomic mass is 32.2. The van der Waals surface area contributed by atoms with Gasteiger partial charge in [-0.25, -0.2) is 0 Å². The average molecular weight is 363 g/mol. The molecule has 0 bridgehead atoms. The third-order valence-corrected chi connectivity index (χ3v) is 3.64. The second-order valence-corrected chi connectivity index (χ2v) is 6.31. The van der Waals surface area contributed by atoms with Crippen LogP contribution in [0.5, 0.6) is 5.75 Å². The van der Waals surface area contributed by atoms with Crippen molar-refractivity contribution < 1.29 is 17.9 Å². The molecule has 0 fully saturated rings. The van der Waals surface area contributed by atoms with Crippen molar-refractivity contribution in [2.75, 3.05) is 25.6 Å². The molecule has 136 valence electrons. The molecule has 2 N–H and O–H groups in total. The Kier molecular flexibility index (Phi) is 8.24. The van der Waals surface area contributed by atoms with Gasteiger partial charge in [-0.2, -0.15) is 24.9 Å². The van der Waals surface area contributed by atoms with Crippen molar-refractivity contribution in [1.29, 1.82) is 0 Å². The van der Waals surface area contributed by atoms with Crippen molar-refractivity contribution >= 4 is 17.7 Å². The number of aliphatic imine (C=N–C) groups is 1. The van der Waals surface area contributed by atoms with Crippen LogP contribution in [0.4, 0.5) is 13.2 Å². The number of alkyl halides is 3. The molecule has 0 unspecified atom stereocenters. The third-order valence-electron chi connectivity index (χ3n) is 3.03. The molecular formula is C16H24F3N3OS. The van der Waals surface area contributed by atoms with Gasteiger partial charge in [0, 0.05) is 25.9 Å². The van der Waals surface area contributed by atoms with Gasteiger partial charge in [-0.3, -0.25) is 4.99 Å². The van der Waals surface area contributed by atoms with Gasteiger partial charge in [0.25, 0.3) is 0 Å². The number of nitrogens with one attached hydrogen (secondary N) is 2. The van der Waals surface area contributed by atoms with E-state index in [-0.39, 0.29) is 24.0 Å². The molecule has 1 aromatic carbocycles. The SMILES string of the molecule is CN=C(NCCSC)NCc1ccc(OC(C)C)cc1C(F)(F)F. The van der Waals surface area contributed by atoms with Crippen molar-refractivity contribution in [2.45, 2.75) is 32.7 Å². The van der Waals surface area contributed by atoms with E-state index in [2.05, 4.69) is 15.6 Å². The van der Waals surface area contributed by atoms with Crippen LogP contribution in [0.25, 0.3) is 0 Å². The average Bonchev–Trinajstić information content (AvgIpc) is 2.50. The standard InChI is InChI=1S/C16H24F3N3OS/c1-11(2)23-13-6-5-12(14(9-13)16(17,18)19)10-22-15(20-3)21-7-8-24-4/h5-6,9,11H,7-8,10H2,1-4H3,(H2,20,21,22). The van der Waals surface area contributed by atoms with Crippen molar-refractivity contribution in [3.05, 3.63) is 29.3 Å². The molecule has 0 radical (unpaired) electrons. The van der Waals surface area contributed by atoms with Crippen LogP contribution in [0.1, 0.15) is 25.0 Å². The fourth-order valence-electron chi connectivity index (χ4n) is 1.99. The molecule has 24 heavy (non-hydrogen) atoms. The zero-order valence-electron chi connectivity index (χ0n) is 14.3. The van der Waals surface area contributed by atoms with Crippen LogP contribution in [0.3, 0.4) is 0 Å². The smallest absolute Gasteiger partial charge is 0.416 e. The number of ether oxygens (including phenoxy) is 1. The molecule has 0 aromatic heterocycles. The molecule has 0 aliphatic rings. The van der Waals surface area contributed by atoms with E-state index in [4.69, 9.17) is 4.74 Å². The first-order valence-electron chi connectivity index (χ1n) is 7.58. The van der Waals surface area contributed by atoms with E-state index in [9.17, 15) is 13.2 Å². The van der Waals surface area contributed by atoms with Crippen LogP contribution in [0, 0.1) is 0 Å². The Balaban J connectivity index is 2.86. The minimum absolute atomic E-state index is 0.0236. The molecule has 8 heteroatoms. The molecule has 0 aliphatic carbocycles. The Morgan fingerprint density at radius 2 is 2.00 bits per heavy atom. The Labute approximate surface area is 145 Å².